The Hall–Kier alpha value is -4.32. The van der Waals surface area contributed by atoms with Crippen LogP contribution in [-0.2, 0) is 12.8 Å². The van der Waals surface area contributed by atoms with Gasteiger partial charge in [-0.25, -0.2) is 0 Å². The summed E-state index contributed by atoms with van der Waals surface area (Å²) in [5.74, 6) is 1.69. The molecule has 0 radical (unpaired) electrons. The normalized spacial score (nSPS) is 11.4. The predicted molar refractivity (Wildman–Crippen MR) is 176 cm³/mol. The molecular formula is C37H44N4O2. The van der Waals surface area contributed by atoms with Gasteiger partial charge in [0, 0.05) is 0 Å². The fraction of sp³-hybridized carbons (Fsp3) is 0.351. The molecular weight excluding hydrogens is 532 g/mol. The van der Waals surface area contributed by atoms with E-state index < -0.39 is 0 Å². The molecule has 4 aromatic carbocycles. The summed E-state index contributed by atoms with van der Waals surface area (Å²) in [4.78, 5) is 0. The minimum atomic E-state index is 0.673. The van der Waals surface area contributed by atoms with Gasteiger partial charge < -0.3 is 9.47 Å². The molecule has 0 amide bonds. The summed E-state index contributed by atoms with van der Waals surface area (Å²) in [5.41, 5.74) is 6.04. The zero-order valence-corrected chi connectivity index (χ0v) is 25.6. The van der Waals surface area contributed by atoms with Gasteiger partial charge in [0.25, 0.3) is 0 Å². The molecule has 4 aromatic rings. The molecule has 0 N–H and O–H groups in total. The number of hydrogen-bond acceptors (Lipinski definition) is 6. The van der Waals surface area contributed by atoms with Crippen LogP contribution in [0, 0.1) is 0 Å². The quantitative estimate of drug-likeness (QED) is 0.0873. The van der Waals surface area contributed by atoms with Gasteiger partial charge >= 0.3 is 0 Å². The zero-order valence-electron chi connectivity index (χ0n) is 25.6. The van der Waals surface area contributed by atoms with Gasteiger partial charge in [-0.2, -0.15) is 20.5 Å². The van der Waals surface area contributed by atoms with Gasteiger partial charge in [-0.05, 0) is 129 Å². The molecule has 0 spiro atoms. The maximum Gasteiger partial charge on any atom is 0.119 e. The minimum absolute atomic E-state index is 0.673. The van der Waals surface area contributed by atoms with Gasteiger partial charge in [-0.3, -0.25) is 0 Å². The third-order valence-corrected chi connectivity index (χ3v) is 7.07. The van der Waals surface area contributed by atoms with Gasteiger partial charge in [0.1, 0.15) is 11.5 Å². The van der Waals surface area contributed by atoms with Crippen molar-refractivity contribution in [1.29, 1.82) is 0 Å². The van der Waals surface area contributed by atoms with Gasteiger partial charge in [-0.1, -0.05) is 51.0 Å². The van der Waals surface area contributed by atoms with Crippen molar-refractivity contribution in [1.82, 2.24) is 0 Å². The van der Waals surface area contributed by atoms with Crippen molar-refractivity contribution in [2.45, 2.75) is 71.6 Å². The van der Waals surface area contributed by atoms with E-state index in [4.69, 9.17) is 9.47 Å². The average molecular weight is 577 g/mol. The number of ether oxygens (including phenoxy) is 2. The van der Waals surface area contributed by atoms with Crippen molar-refractivity contribution in [3.63, 3.8) is 0 Å². The second-order valence-electron chi connectivity index (χ2n) is 10.7. The number of aryl methyl sites for hydroxylation is 2. The molecule has 0 saturated carbocycles. The monoisotopic (exact) mass is 576 g/mol. The summed E-state index contributed by atoms with van der Waals surface area (Å²) in [6.45, 7) is 5.77. The average Bonchev–Trinajstić information content (AvgIpc) is 3.06. The fourth-order valence-corrected chi connectivity index (χ4v) is 4.43. The molecule has 0 aliphatic heterocycles. The number of nitrogens with zero attached hydrogens (tertiary/aromatic N) is 4. The summed E-state index contributed by atoms with van der Waals surface area (Å²) >= 11 is 0. The second-order valence-corrected chi connectivity index (χ2v) is 10.7. The SMILES string of the molecule is CCCCc1ccc(N=Nc2ccc(OCCCCCOc3ccc(N=Nc4ccc(CCCC)cc4)cc3)cc2)cc1. The number of benzene rings is 4. The predicted octanol–water partition coefficient (Wildman–Crippen LogP) is 11.8. The van der Waals surface area contributed by atoms with Crippen LogP contribution in [0.2, 0.25) is 0 Å². The lowest BCUT2D eigenvalue weighted by Crippen LogP contribution is -2.00. The highest BCUT2D eigenvalue weighted by Gasteiger charge is 2.00. The van der Waals surface area contributed by atoms with E-state index in [1.807, 2.05) is 72.8 Å². The molecule has 43 heavy (non-hydrogen) atoms. The van der Waals surface area contributed by atoms with E-state index in [2.05, 4.69) is 58.6 Å². The number of azo groups is 2. The fourth-order valence-electron chi connectivity index (χ4n) is 4.43. The van der Waals surface area contributed by atoms with Crippen molar-refractivity contribution < 1.29 is 9.47 Å². The third-order valence-electron chi connectivity index (χ3n) is 7.07. The minimum Gasteiger partial charge on any atom is -0.494 e. The standard InChI is InChI=1S/C37H44N4O2/c1-3-5-10-30-12-16-32(17-13-30)38-40-34-20-24-36(25-21-34)42-28-8-7-9-29-43-37-26-22-35(23-27-37)41-39-33-18-14-31(15-19-33)11-6-4-2/h12-27H,3-11,28-29H2,1-2H3. The molecule has 6 nitrogen and oxygen atoms in total. The highest BCUT2D eigenvalue weighted by molar-refractivity contribution is 5.44. The van der Waals surface area contributed by atoms with Crippen LogP contribution >= 0.6 is 0 Å². The van der Waals surface area contributed by atoms with Gasteiger partial charge in [0.15, 0.2) is 0 Å². The highest BCUT2D eigenvalue weighted by Crippen LogP contribution is 2.24. The van der Waals surface area contributed by atoms with Gasteiger partial charge in [-0.15, -0.1) is 0 Å². The van der Waals surface area contributed by atoms with Crippen molar-refractivity contribution in [3.8, 4) is 11.5 Å². The second kappa shape index (κ2) is 18.3. The first-order valence-corrected chi connectivity index (χ1v) is 15.7. The molecule has 0 aliphatic rings. The molecule has 224 valence electrons. The maximum absolute atomic E-state index is 5.89. The van der Waals surface area contributed by atoms with Crippen LogP contribution in [-0.4, -0.2) is 13.2 Å². The number of rotatable bonds is 18. The number of unbranched alkanes of at least 4 members (excludes halogenated alkanes) is 4. The summed E-state index contributed by atoms with van der Waals surface area (Å²) in [5, 5.41) is 17.4. The summed E-state index contributed by atoms with van der Waals surface area (Å²) in [7, 11) is 0. The Bertz CT molecular complexity index is 1270. The molecule has 0 heterocycles. The highest BCUT2D eigenvalue weighted by atomic mass is 16.5. The largest absolute Gasteiger partial charge is 0.494 e. The Kier molecular flexibility index (Phi) is 13.4. The molecule has 4 rings (SSSR count). The van der Waals surface area contributed by atoms with E-state index in [0.29, 0.717) is 13.2 Å². The van der Waals surface area contributed by atoms with Gasteiger partial charge in [0.05, 0.1) is 36.0 Å². The molecule has 0 unspecified atom stereocenters. The number of hydrogen-bond donors (Lipinski definition) is 0. The first-order valence-electron chi connectivity index (χ1n) is 15.7. The van der Waals surface area contributed by atoms with Crippen LogP contribution in [0.1, 0.15) is 69.9 Å². The van der Waals surface area contributed by atoms with Crippen molar-refractivity contribution >= 4 is 22.7 Å². The van der Waals surface area contributed by atoms with Crippen molar-refractivity contribution in [2.24, 2.45) is 20.5 Å². The van der Waals surface area contributed by atoms with E-state index >= 15 is 0 Å². The maximum atomic E-state index is 5.89. The van der Waals surface area contributed by atoms with Gasteiger partial charge in [0.2, 0.25) is 0 Å². The Morgan fingerprint density at radius 1 is 0.395 bits per heavy atom. The zero-order chi connectivity index (χ0) is 30.0. The first-order chi connectivity index (χ1) is 21.2. The Balaban J connectivity index is 1.07. The summed E-state index contributed by atoms with van der Waals surface area (Å²) in [6, 6.07) is 32.1. The Labute approximate surface area is 256 Å². The van der Waals surface area contributed by atoms with E-state index in [0.717, 1.165) is 66.4 Å². The van der Waals surface area contributed by atoms with Crippen LogP contribution in [0.5, 0.6) is 11.5 Å². The van der Waals surface area contributed by atoms with Crippen LogP contribution < -0.4 is 9.47 Å². The Morgan fingerprint density at radius 2 is 0.721 bits per heavy atom. The molecule has 0 bridgehead atoms. The van der Waals surface area contributed by atoms with Crippen molar-refractivity contribution in [3.05, 3.63) is 108 Å². The lowest BCUT2D eigenvalue weighted by Gasteiger charge is -2.08. The van der Waals surface area contributed by atoms with Crippen LogP contribution in [0.15, 0.2) is 118 Å². The molecule has 6 heteroatoms. The summed E-state index contributed by atoms with van der Waals surface area (Å²) in [6.07, 6.45) is 10.0. The lowest BCUT2D eigenvalue weighted by atomic mass is 10.1. The third kappa shape index (κ3) is 11.8. The van der Waals surface area contributed by atoms with E-state index in [-0.39, 0.29) is 0 Å². The Morgan fingerprint density at radius 3 is 1.05 bits per heavy atom. The van der Waals surface area contributed by atoms with Crippen LogP contribution in [0.3, 0.4) is 0 Å². The smallest absolute Gasteiger partial charge is 0.119 e. The van der Waals surface area contributed by atoms with E-state index in [9.17, 15) is 0 Å². The molecule has 0 aliphatic carbocycles. The lowest BCUT2D eigenvalue weighted by molar-refractivity contribution is 0.279. The van der Waals surface area contributed by atoms with E-state index in [1.54, 1.807) is 0 Å². The topological polar surface area (TPSA) is 67.9 Å². The van der Waals surface area contributed by atoms with Crippen molar-refractivity contribution in [2.75, 3.05) is 13.2 Å². The first kappa shape index (κ1) is 31.6. The molecule has 0 fully saturated rings. The van der Waals surface area contributed by atoms with E-state index in [1.165, 1.54) is 36.8 Å². The molecule has 0 aromatic heterocycles. The molecule has 0 atom stereocenters. The van der Waals surface area contributed by atoms with Crippen LogP contribution in [0.25, 0.3) is 0 Å². The van der Waals surface area contributed by atoms with Crippen LogP contribution in [0.4, 0.5) is 22.7 Å². The summed E-state index contributed by atoms with van der Waals surface area (Å²) < 4.78 is 11.8. The molecule has 0 saturated heterocycles.